The van der Waals surface area contributed by atoms with Crippen LogP contribution in [0.2, 0.25) is 0 Å². The molecule has 1 aromatic carbocycles. The van der Waals surface area contributed by atoms with E-state index in [0.717, 1.165) is 6.07 Å². The van der Waals surface area contributed by atoms with E-state index in [0.29, 0.717) is 5.33 Å². The summed E-state index contributed by atoms with van der Waals surface area (Å²) in [5.41, 5.74) is -0.227. The molecule has 1 rings (SSSR count). The van der Waals surface area contributed by atoms with Gasteiger partial charge in [0.25, 0.3) is 5.91 Å². The summed E-state index contributed by atoms with van der Waals surface area (Å²) < 4.78 is 27.3. The van der Waals surface area contributed by atoms with Crippen molar-refractivity contribution in [3.05, 3.63) is 34.9 Å². The number of hydrogen-bond donors (Lipinski definition) is 0. The first-order chi connectivity index (χ1) is 7.90. The number of amides is 1. The number of rotatable bonds is 3. The second kappa shape index (κ2) is 5.58. The average molecular weight is 306 g/mol. The lowest BCUT2D eigenvalue weighted by Crippen LogP contribution is -2.37. The zero-order valence-electron chi connectivity index (χ0n) is 9.93. The maximum atomic E-state index is 13.7. The number of alkyl halides is 1. The van der Waals surface area contributed by atoms with Crippen molar-refractivity contribution in [2.45, 2.75) is 19.9 Å². The van der Waals surface area contributed by atoms with Crippen LogP contribution in [0, 0.1) is 18.6 Å². The monoisotopic (exact) mass is 305 g/mol. The average Bonchev–Trinajstić information content (AvgIpc) is 2.32. The Balaban J connectivity index is 3.17. The molecular weight excluding hydrogens is 292 g/mol. The molecule has 0 saturated heterocycles. The van der Waals surface area contributed by atoms with Crippen LogP contribution in [-0.4, -0.2) is 29.2 Å². The van der Waals surface area contributed by atoms with Crippen molar-refractivity contribution in [3.63, 3.8) is 0 Å². The molecule has 1 amide bonds. The Bertz CT molecular complexity index is 437. The van der Waals surface area contributed by atoms with Crippen LogP contribution >= 0.6 is 15.9 Å². The molecule has 0 aliphatic rings. The largest absolute Gasteiger partial charge is 0.338 e. The second-order valence-corrected chi connectivity index (χ2v) is 4.62. The van der Waals surface area contributed by atoms with Crippen LogP contribution in [0.15, 0.2) is 12.1 Å². The fourth-order valence-corrected chi connectivity index (χ4v) is 1.77. The normalized spacial score (nSPS) is 12.4. The lowest BCUT2D eigenvalue weighted by molar-refractivity contribution is 0.0748. The molecule has 0 N–H and O–H groups in total. The highest BCUT2D eigenvalue weighted by atomic mass is 79.9. The molecule has 0 heterocycles. The van der Waals surface area contributed by atoms with Crippen molar-refractivity contribution in [2.24, 2.45) is 0 Å². The van der Waals surface area contributed by atoms with Gasteiger partial charge in [-0.3, -0.25) is 4.79 Å². The SMILES string of the molecule is Cc1ccc(F)c(C(=O)N(C)C(C)CBr)c1F. The number of nitrogens with zero attached hydrogens (tertiary/aromatic N) is 1. The fourth-order valence-electron chi connectivity index (χ4n) is 1.33. The van der Waals surface area contributed by atoms with Gasteiger partial charge in [0.15, 0.2) is 0 Å². The predicted octanol–water partition coefficient (Wildman–Crippen LogP) is 3.13. The Labute approximate surface area is 108 Å². The summed E-state index contributed by atoms with van der Waals surface area (Å²) in [6, 6.07) is 2.29. The van der Waals surface area contributed by atoms with Gasteiger partial charge < -0.3 is 4.90 Å². The van der Waals surface area contributed by atoms with Gasteiger partial charge >= 0.3 is 0 Å². The summed E-state index contributed by atoms with van der Waals surface area (Å²) in [4.78, 5) is 13.3. The number of aryl methyl sites for hydroxylation is 1. The minimum Gasteiger partial charge on any atom is -0.338 e. The van der Waals surface area contributed by atoms with Crippen molar-refractivity contribution < 1.29 is 13.6 Å². The zero-order valence-corrected chi connectivity index (χ0v) is 11.5. The van der Waals surface area contributed by atoms with Crippen molar-refractivity contribution in [1.82, 2.24) is 4.90 Å². The molecule has 5 heteroatoms. The molecule has 17 heavy (non-hydrogen) atoms. The Morgan fingerprint density at radius 1 is 1.47 bits per heavy atom. The van der Waals surface area contributed by atoms with E-state index in [4.69, 9.17) is 0 Å². The molecule has 0 bridgehead atoms. The number of benzene rings is 1. The van der Waals surface area contributed by atoms with Gasteiger partial charge in [0.05, 0.1) is 0 Å². The van der Waals surface area contributed by atoms with E-state index in [2.05, 4.69) is 15.9 Å². The Kier molecular flexibility index (Phi) is 4.62. The van der Waals surface area contributed by atoms with Crippen LogP contribution in [0.5, 0.6) is 0 Å². The topological polar surface area (TPSA) is 20.3 Å². The number of halogens is 3. The van der Waals surface area contributed by atoms with Gasteiger partial charge in [-0.15, -0.1) is 0 Å². The molecule has 0 aromatic heterocycles. The Morgan fingerprint density at radius 2 is 2.06 bits per heavy atom. The van der Waals surface area contributed by atoms with Gasteiger partial charge in [0.1, 0.15) is 17.2 Å². The lowest BCUT2D eigenvalue weighted by Gasteiger charge is -2.23. The first-order valence-corrected chi connectivity index (χ1v) is 6.30. The van der Waals surface area contributed by atoms with Gasteiger partial charge in [-0.25, -0.2) is 8.78 Å². The van der Waals surface area contributed by atoms with Crippen LogP contribution in [0.1, 0.15) is 22.8 Å². The number of carbonyl (C=O) groups is 1. The second-order valence-electron chi connectivity index (χ2n) is 3.97. The molecule has 0 spiro atoms. The van der Waals surface area contributed by atoms with E-state index in [1.54, 1.807) is 6.92 Å². The summed E-state index contributed by atoms with van der Waals surface area (Å²) >= 11 is 3.23. The summed E-state index contributed by atoms with van der Waals surface area (Å²) in [5.74, 6) is -2.26. The molecule has 0 aliphatic heterocycles. The first-order valence-electron chi connectivity index (χ1n) is 5.17. The minimum atomic E-state index is -0.827. The summed E-state index contributed by atoms with van der Waals surface area (Å²) in [5, 5.41) is 0.546. The minimum absolute atomic E-state index is 0.137. The summed E-state index contributed by atoms with van der Waals surface area (Å²) in [6.45, 7) is 3.29. The van der Waals surface area contributed by atoms with Gasteiger partial charge in [-0.05, 0) is 25.5 Å². The smallest absolute Gasteiger partial charge is 0.259 e. The van der Waals surface area contributed by atoms with E-state index in [9.17, 15) is 13.6 Å². The fraction of sp³-hybridized carbons (Fsp3) is 0.417. The van der Waals surface area contributed by atoms with Crippen molar-refractivity contribution in [3.8, 4) is 0 Å². The summed E-state index contributed by atoms with van der Waals surface area (Å²) in [6.07, 6.45) is 0. The number of carbonyl (C=O) groups excluding carboxylic acids is 1. The molecule has 1 unspecified atom stereocenters. The third-order valence-electron chi connectivity index (χ3n) is 2.70. The van der Waals surface area contributed by atoms with E-state index >= 15 is 0 Å². The van der Waals surface area contributed by atoms with Crippen molar-refractivity contribution >= 4 is 21.8 Å². The molecule has 94 valence electrons. The maximum absolute atomic E-state index is 13.7. The first kappa shape index (κ1) is 14.1. The molecule has 1 aromatic rings. The van der Waals surface area contributed by atoms with E-state index in [1.807, 2.05) is 0 Å². The molecule has 0 aliphatic carbocycles. The highest BCUT2D eigenvalue weighted by molar-refractivity contribution is 9.09. The standard InChI is InChI=1S/C12H14BrF2NO/c1-7-4-5-9(14)10(11(7)15)12(17)16(3)8(2)6-13/h4-5,8H,6H2,1-3H3. The van der Waals surface area contributed by atoms with E-state index in [-0.39, 0.29) is 11.6 Å². The van der Waals surface area contributed by atoms with E-state index < -0.39 is 23.1 Å². The Morgan fingerprint density at radius 3 is 2.59 bits per heavy atom. The third-order valence-corrected chi connectivity index (χ3v) is 3.64. The summed E-state index contributed by atoms with van der Waals surface area (Å²) in [7, 11) is 1.52. The quantitative estimate of drug-likeness (QED) is 0.786. The molecule has 2 nitrogen and oxygen atoms in total. The highest BCUT2D eigenvalue weighted by Crippen LogP contribution is 2.19. The Hall–Kier alpha value is -0.970. The van der Waals surface area contributed by atoms with Crippen molar-refractivity contribution in [2.75, 3.05) is 12.4 Å². The van der Waals surface area contributed by atoms with Crippen LogP contribution in [0.25, 0.3) is 0 Å². The maximum Gasteiger partial charge on any atom is 0.259 e. The molecule has 0 radical (unpaired) electrons. The van der Waals surface area contributed by atoms with Crippen LogP contribution < -0.4 is 0 Å². The van der Waals surface area contributed by atoms with Gasteiger partial charge in [0, 0.05) is 18.4 Å². The molecular formula is C12H14BrF2NO. The van der Waals surface area contributed by atoms with Crippen LogP contribution in [-0.2, 0) is 0 Å². The lowest BCUT2D eigenvalue weighted by atomic mass is 10.1. The van der Waals surface area contributed by atoms with Crippen LogP contribution in [0.3, 0.4) is 0 Å². The van der Waals surface area contributed by atoms with Gasteiger partial charge in [-0.2, -0.15) is 0 Å². The highest BCUT2D eigenvalue weighted by Gasteiger charge is 2.24. The third kappa shape index (κ3) is 2.83. The zero-order chi connectivity index (χ0) is 13.2. The molecule has 1 atom stereocenters. The number of hydrogen-bond acceptors (Lipinski definition) is 1. The van der Waals surface area contributed by atoms with Crippen LogP contribution in [0.4, 0.5) is 8.78 Å². The molecule has 0 saturated carbocycles. The van der Waals surface area contributed by atoms with E-state index in [1.165, 1.54) is 24.9 Å². The van der Waals surface area contributed by atoms with Gasteiger partial charge in [-0.1, -0.05) is 22.0 Å². The molecule has 0 fully saturated rings. The van der Waals surface area contributed by atoms with Crippen molar-refractivity contribution in [1.29, 1.82) is 0 Å². The van der Waals surface area contributed by atoms with Gasteiger partial charge in [0.2, 0.25) is 0 Å². The predicted molar refractivity (Wildman–Crippen MR) is 66.4 cm³/mol.